The maximum atomic E-state index is 5.91. The third-order valence-corrected chi connectivity index (χ3v) is 4.36. The average molecular weight is 298 g/mol. The molecule has 0 saturated carbocycles. The molecule has 0 bridgehead atoms. The van der Waals surface area contributed by atoms with Crippen LogP contribution in [0.25, 0.3) is 0 Å². The zero-order valence-corrected chi connectivity index (χ0v) is 12.2. The largest absolute Gasteiger partial charge is 0.330 e. The first-order chi connectivity index (χ1) is 8.63. The van der Waals surface area contributed by atoms with E-state index in [1.165, 1.54) is 11.3 Å². The van der Waals surface area contributed by atoms with E-state index in [2.05, 4.69) is 22.1 Å². The van der Waals surface area contributed by atoms with Crippen molar-refractivity contribution in [1.82, 2.24) is 10.2 Å². The van der Waals surface area contributed by atoms with Gasteiger partial charge in [0.2, 0.25) is 5.13 Å². The Hall–Kier alpha value is -1.04. The SMILES string of the molecule is C=C(C)CSc1nnc(Nc2cccc(Cl)c2)s1. The van der Waals surface area contributed by atoms with Crippen molar-refractivity contribution in [3.63, 3.8) is 0 Å². The molecule has 2 aromatic rings. The molecule has 3 nitrogen and oxygen atoms in total. The van der Waals surface area contributed by atoms with Gasteiger partial charge in [-0.15, -0.1) is 10.2 Å². The van der Waals surface area contributed by atoms with Crippen LogP contribution < -0.4 is 5.32 Å². The molecule has 0 unspecified atom stereocenters. The molecular weight excluding hydrogens is 286 g/mol. The minimum absolute atomic E-state index is 0.696. The Balaban J connectivity index is 2.00. The number of aromatic nitrogens is 2. The molecule has 0 radical (unpaired) electrons. The summed E-state index contributed by atoms with van der Waals surface area (Å²) in [5, 5.41) is 12.8. The molecule has 0 atom stereocenters. The quantitative estimate of drug-likeness (QED) is 0.646. The van der Waals surface area contributed by atoms with Crippen LogP contribution in [0.5, 0.6) is 0 Å². The lowest BCUT2D eigenvalue weighted by Crippen LogP contribution is -1.88. The number of nitrogens with zero attached hydrogens (tertiary/aromatic N) is 2. The molecule has 0 aliphatic heterocycles. The minimum atomic E-state index is 0.696. The predicted octanol–water partition coefficient (Wildman–Crippen LogP) is 4.60. The summed E-state index contributed by atoms with van der Waals surface area (Å²) in [5.41, 5.74) is 2.04. The van der Waals surface area contributed by atoms with Gasteiger partial charge in [0.1, 0.15) is 0 Å². The van der Waals surface area contributed by atoms with Gasteiger partial charge >= 0.3 is 0 Å². The van der Waals surface area contributed by atoms with Crippen molar-refractivity contribution in [2.75, 3.05) is 11.1 Å². The normalized spacial score (nSPS) is 10.3. The minimum Gasteiger partial charge on any atom is -0.330 e. The van der Waals surface area contributed by atoms with E-state index in [1.807, 2.05) is 31.2 Å². The molecule has 0 saturated heterocycles. The maximum absolute atomic E-state index is 5.91. The van der Waals surface area contributed by atoms with E-state index in [0.717, 1.165) is 26.5 Å². The summed E-state index contributed by atoms with van der Waals surface area (Å²) >= 11 is 9.08. The number of rotatable bonds is 5. The Kier molecular flexibility index (Phi) is 4.63. The third-order valence-electron chi connectivity index (χ3n) is 1.92. The Morgan fingerprint density at radius 2 is 2.33 bits per heavy atom. The molecule has 0 amide bonds. The Bertz CT molecular complexity index is 554. The summed E-state index contributed by atoms with van der Waals surface area (Å²) in [6.07, 6.45) is 0. The number of halogens is 1. The van der Waals surface area contributed by atoms with Crippen LogP contribution in [-0.2, 0) is 0 Å². The topological polar surface area (TPSA) is 37.8 Å². The average Bonchev–Trinajstić information content (AvgIpc) is 2.74. The summed E-state index contributed by atoms with van der Waals surface area (Å²) in [4.78, 5) is 0. The molecule has 0 spiro atoms. The van der Waals surface area contributed by atoms with Crippen LogP contribution >= 0.6 is 34.7 Å². The molecule has 0 aliphatic rings. The van der Waals surface area contributed by atoms with Crippen molar-refractivity contribution < 1.29 is 0 Å². The fourth-order valence-electron chi connectivity index (χ4n) is 1.19. The van der Waals surface area contributed by atoms with Crippen LogP contribution in [0.3, 0.4) is 0 Å². The van der Waals surface area contributed by atoms with Gasteiger partial charge in [-0.2, -0.15) is 0 Å². The molecule has 0 fully saturated rings. The number of hydrogen-bond donors (Lipinski definition) is 1. The van der Waals surface area contributed by atoms with Crippen molar-refractivity contribution in [3.8, 4) is 0 Å². The second-order valence-corrected chi connectivity index (χ2v) is 6.39. The lowest BCUT2D eigenvalue weighted by Gasteiger charge is -2.01. The summed E-state index contributed by atoms with van der Waals surface area (Å²) in [6.45, 7) is 5.86. The Labute approximate surface area is 119 Å². The van der Waals surface area contributed by atoms with Crippen LogP contribution in [0, 0.1) is 0 Å². The molecular formula is C12H12ClN3S2. The first-order valence-corrected chi connectivity index (χ1v) is 7.45. The van der Waals surface area contributed by atoms with Crippen LogP contribution in [-0.4, -0.2) is 16.0 Å². The fraction of sp³-hybridized carbons (Fsp3) is 0.167. The molecule has 18 heavy (non-hydrogen) atoms. The second-order valence-electron chi connectivity index (χ2n) is 3.75. The Morgan fingerprint density at radius 1 is 1.50 bits per heavy atom. The highest BCUT2D eigenvalue weighted by molar-refractivity contribution is 8.01. The number of thioether (sulfide) groups is 1. The highest BCUT2D eigenvalue weighted by Crippen LogP contribution is 2.29. The number of anilines is 2. The lowest BCUT2D eigenvalue weighted by atomic mass is 10.3. The van der Waals surface area contributed by atoms with Gasteiger partial charge in [-0.25, -0.2) is 0 Å². The molecule has 1 aromatic heterocycles. The number of nitrogens with one attached hydrogen (secondary N) is 1. The van der Waals surface area contributed by atoms with Gasteiger partial charge in [-0.05, 0) is 25.1 Å². The van der Waals surface area contributed by atoms with Crippen molar-refractivity contribution in [2.45, 2.75) is 11.3 Å². The summed E-state index contributed by atoms with van der Waals surface area (Å²) in [6, 6.07) is 7.51. The number of hydrogen-bond acceptors (Lipinski definition) is 5. The standard InChI is InChI=1S/C12H12ClN3S2/c1-8(2)7-17-12-16-15-11(18-12)14-10-5-3-4-9(13)6-10/h3-6H,1,7H2,2H3,(H,14,15). The summed E-state index contributed by atoms with van der Waals surface area (Å²) in [7, 11) is 0. The van der Waals surface area contributed by atoms with Gasteiger partial charge in [-0.1, -0.05) is 52.9 Å². The van der Waals surface area contributed by atoms with E-state index >= 15 is 0 Å². The molecule has 6 heteroatoms. The van der Waals surface area contributed by atoms with E-state index in [-0.39, 0.29) is 0 Å². The van der Waals surface area contributed by atoms with Gasteiger partial charge in [-0.3, -0.25) is 0 Å². The zero-order chi connectivity index (χ0) is 13.0. The first-order valence-electron chi connectivity index (χ1n) is 5.27. The van der Waals surface area contributed by atoms with E-state index in [0.29, 0.717) is 5.02 Å². The highest BCUT2D eigenvalue weighted by atomic mass is 35.5. The molecule has 2 rings (SSSR count). The molecule has 94 valence electrons. The van der Waals surface area contributed by atoms with Gasteiger partial charge < -0.3 is 5.32 Å². The van der Waals surface area contributed by atoms with Crippen LogP contribution in [0.4, 0.5) is 10.8 Å². The van der Waals surface area contributed by atoms with E-state index in [1.54, 1.807) is 11.8 Å². The smallest absolute Gasteiger partial charge is 0.210 e. The fourth-order valence-corrected chi connectivity index (χ4v) is 3.00. The van der Waals surface area contributed by atoms with Gasteiger partial charge in [0, 0.05) is 16.5 Å². The second kappa shape index (κ2) is 6.22. The summed E-state index contributed by atoms with van der Waals surface area (Å²) in [5.74, 6) is 0.867. The maximum Gasteiger partial charge on any atom is 0.210 e. The van der Waals surface area contributed by atoms with Crippen LogP contribution in [0.15, 0.2) is 40.8 Å². The van der Waals surface area contributed by atoms with Crippen molar-refractivity contribution in [1.29, 1.82) is 0 Å². The van der Waals surface area contributed by atoms with Crippen molar-refractivity contribution in [2.24, 2.45) is 0 Å². The summed E-state index contributed by atoms with van der Waals surface area (Å²) < 4.78 is 0.933. The Morgan fingerprint density at radius 3 is 3.06 bits per heavy atom. The number of benzene rings is 1. The van der Waals surface area contributed by atoms with Crippen LogP contribution in [0.1, 0.15) is 6.92 Å². The van der Waals surface area contributed by atoms with E-state index in [9.17, 15) is 0 Å². The lowest BCUT2D eigenvalue weighted by molar-refractivity contribution is 1.01. The van der Waals surface area contributed by atoms with Gasteiger partial charge in [0.15, 0.2) is 4.34 Å². The zero-order valence-electron chi connectivity index (χ0n) is 9.81. The van der Waals surface area contributed by atoms with Gasteiger partial charge in [0.05, 0.1) is 0 Å². The van der Waals surface area contributed by atoms with Crippen LogP contribution in [0.2, 0.25) is 5.02 Å². The highest BCUT2D eigenvalue weighted by Gasteiger charge is 2.05. The third kappa shape index (κ3) is 4.01. The predicted molar refractivity (Wildman–Crippen MR) is 80.2 cm³/mol. The molecule has 1 aromatic carbocycles. The molecule has 1 heterocycles. The van der Waals surface area contributed by atoms with E-state index in [4.69, 9.17) is 11.6 Å². The van der Waals surface area contributed by atoms with Crippen molar-refractivity contribution >= 4 is 45.5 Å². The van der Waals surface area contributed by atoms with Gasteiger partial charge in [0.25, 0.3) is 0 Å². The monoisotopic (exact) mass is 297 g/mol. The van der Waals surface area contributed by atoms with E-state index < -0.39 is 0 Å². The van der Waals surface area contributed by atoms with Crippen molar-refractivity contribution in [3.05, 3.63) is 41.4 Å². The molecule has 0 aliphatic carbocycles. The first kappa shape index (κ1) is 13.4. The molecule has 1 N–H and O–H groups in total.